The molecule has 3 heterocycles. The number of anilines is 1. The lowest BCUT2D eigenvalue weighted by Gasteiger charge is -2.31. The van der Waals surface area contributed by atoms with E-state index in [1.807, 2.05) is 38.1 Å². The third-order valence-corrected chi connectivity index (χ3v) is 6.22. The number of esters is 1. The monoisotopic (exact) mass is 447 g/mol. The molecule has 0 aromatic carbocycles. The summed E-state index contributed by atoms with van der Waals surface area (Å²) in [4.78, 5) is 28.8. The van der Waals surface area contributed by atoms with E-state index in [4.69, 9.17) is 9.72 Å². The highest BCUT2D eigenvalue weighted by molar-refractivity contribution is 6.04. The van der Waals surface area contributed by atoms with Crippen LogP contribution in [0.4, 0.5) is 5.69 Å². The van der Waals surface area contributed by atoms with Crippen molar-refractivity contribution < 1.29 is 9.53 Å². The highest BCUT2D eigenvalue weighted by Crippen LogP contribution is 2.32. The molecule has 0 unspecified atom stereocenters. The van der Waals surface area contributed by atoms with Gasteiger partial charge in [0.2, 0.25) is 0 Å². The summed E-state index contributed by atoms with van der Waals surface area (Å²) in [6.07, 6.45) is 7.86. The number of pyridine rings is 3. The van der Waals surface area contributed by atoms with Crippen molar-refractivity contribution in [3.05, 3.63) is 47.9 Å². The van der Waals surface area contributed by atoms with Crippen LogP contribution in [0.5, 0.6) is 0 Å². The number of carbonyl (C=O) groups is 1. The summed E-state index contributed by atoms with van der Waals surface area (Å²) in [5, 5.41) is 3.67. The van der Waals surface area contributed by atoms with Crippen LogP contribution in [0.15, 0.2) is 36.7 Å². The van der Waals surface area contributed by atoms with Gasteiger partial charge in [0.05, 0.1) is 23.5 Å². The van der Waals surface area contributed by atoms with E-state index in [0.29, 0.717) is 17.7 Å². The molecule has 1 aliphatic carbocycles. The molecule has 3 aromatic heterocycles. The molecular weight excluding hydrogens is 414 g/mol. The highest BCUT2D eigenvalue weighted by Gasteiger charge is 2.25. The van der Waals surface area contributed by atoms with Crippen LogP contribution in [-0.2, 0) is 4.74 Å². The number of nitrogens with one attached hydrogen (secondary N) is 1. The van der Waals surface area contributed by atoms with Crippen LogP contribution in [-0.4, -0.2) is 59.1 Å². The normalized spacial score (nSPS) is 18.5. The van der Waals surface area contributed by atoms with E-state index in [-0.39, 0.29) is 12.0 Å². The van der Waals surface area contributed by atoms with Crippen LogP contribution in [0.2, 0.25) is 0 Å². The fourth-order valence-corrected chi connectivity index (χ4v) is 4.65. The van der Waals surface area contributed by atoms with Gasteiger partial charge in [-0.15, -0.1) is 0 Å². The predicted molar refractivity (Wildman–Crippen MR) is 131 cm³/mol. The topological polar surface area (TPSA) is 80.2 Å². The van der Waals surface area contributed by atoms with Gasteiger partial charge in [-0.1, -0.05) is 0 Å². The summed E-state index contributed by atoms with van der Waals surface area (Å²) in [5.74, 6) is 0.346. The zero-order valence-corrected chi connectivity index (χ0v) is 20.0. The van der Waals surface area contributed by atoms with E-state index in [1.54, 1.807) is 12.4 Å². The van der Waals surface area contributed by atoms with E-state index in [0.717, 1.165) is 53.5 Å². The number of carbonyl (C=O) groups excluding carboxylic acids is 1. The van der Waals surface area contributed by atoms with Crippen molar-refractivity contribution in [2.45, 2.75) is 45.6 Å². The molecule has 0 atom stereocenters. The first-order valence-corrected chi connectivity index (χ1v) is 11.8. The van der Waals surface area contributed by atoms with Crippen LogP contribution in [0.3, 0.4) is 0 Å². The summed E-state index contributed by atoms with van der Waals surface area (Å²) in [6, 6.07) is 8.17. The number of nitrogens with zero attached hydrogens (tertiary/aromatic N) is 4. The van der Waals surface area contributed by atoms with Crippen LogP contribution >= 0.6 is 0 Å². The van der Waals surface area contributed by atoms with Crippen molar-refractivity contribution in [1.82, 2.24) is 19.9 Å². The Kier molecular flexibility index (Phi) is 7.18. The second-order valence-corrected chi connectivity index (χ2v) is 9.14. The Morgan fingerprint density at radius 2 is 1.94 bits per heavy atom. The average Bonchev–Trinajstić information content (AvgIpc) is 2.80. The third-order valence-electron chi connectivity index (χ3n) is 6.22. The van der Waals surface area contributed by atoms with Gasteiger partial charge < -0.3 is 15.0 Å². The van der Waals surface area contributed by atoms with Gasteiger partial charge in [-0.2, -0.15) is 0 Å². The number of hydrogen-bond acceptors (Lipinski definition) is 7. The molecule has 174 valence electrons. The molecule has 33 heavy (non-hydrogen) atoms. The Morgan fingerprint density at radius 1 is 1.15 bits per heavy atom. The molecule has 0 amide bonds. The molecule has 0 spiro atoms. The van der Waals surface area contributed by atoms with E-state index in [2.05, 4.69) is 34.3 Å². The lowest BCUT2D eigenvalue weighted by Crippen LogP contribution is -2.31. The van der Waals surface area contributed by atoms with Gasteiger partial charge in [0.25, 0.3) is 0 Å². The average molecular weight is 448 g/mol. The highest BCUT2D eigenvalue weighted by atomic mass is 16.5. The minimum atomic E-state index is -0.373. The fourth-order valence-electron chi connectivity index (χ4n) is 4.65. The third kappa shape index (κ3) is 5.47. The number of fused-ring (bicyclic) bond motifs is 1. The minimum absolute atomic E-state index is 0.288. The largest absolute Gasteiger partial charge is 0.462 e. The fraction of sp³-hybridized carbons (Fsp3) is 0.462. The first kappa shape index (κ1) is 23.1. The number of aromatic nitrogens is 3. The Bertz CT molecular complexity index is 1120. The molecular formula is C26H33N5O2. The summed E-state index contributed by atoms with van der Waals surface area (Å²) in [5.41, 5.74) is 5.36. The number of ether oxygens (including phenoxy) is 1. The van der Waals surface area contributed by atoms with Crippen molar-refractivity contribution in [2.75, 3.05) is 32.6 Å². The SMILES string of the molecule is CCOC(=O)c1cnc2ccc(-c3ccnc(C)c3)nc2c1NC1CCC(CN(C)C)CC1. The summed E-state index contributed by atoms with van der Waals surface area (Å²) in [7, 11) is 4.26. The van der Waals surface area contributed by atoms with Crippen molar-refractivity contribution in [3.8, 4) is 11.3 Å². The van der Waals surface area contributed by atoms with Crippen LogP contribution in [0.25, 0.3) is 22.3 Å². The van der Waals surface area contributed by atoms with Crippen molar-refractivity contribution >= 4 is 22.7 Å². The predicted octanol–water partition coefficient (Wildman–Crippen LogP) is 4.71. The lowest BCUT2D eigenvalue weighted by atomic mass is 9.85. The smallest absolute Gasteiger partial charge is 0.341 e. The number of rotatable bonds is 7. The quantitative estimate of drug-likeness (QED) is 0.525. The Balaban J connectivity index is 1.70. The maximum Gasteiger partial charge on any atom is 0.341 e. The maximum absolute atomic E-state index is 12.8. The molecule has 1 N–H and O–H groups in total. The van der Waals surface area contributed by atoms with Crippen LogP contribution < -0.4 is 5.32 Å². The van der Waals surface area contributed by atoms with Gasteiger partial charge in [-0.05, 0) is 83.8 Å². The molecule has 1 fully saturated rings. The van der Waals surface area contributed by atoms with Crippen molar-refractivity contribution in [1.29, 1.82) is 0 Å². The molecule has 0 saturated heterocycles. The number of hydrogen-bond donors (Lipinski definition) is 1. The molecule has 3 aromatic rings. The van der Waals surface area contributed by atoms with Crippen molar-refractivity contribution in [3.63, 3.8) is 0 Å². The summed E-state index contributed by atoms with van der Waals surface area (Å²) >= 11 is 0. The Morgan fingerprint density at radius 3 is 2.64 bits per heavy atom. The first-order chi connectivity index (χ1) is 15.9. The second-order valence-electron chi connectivity index (χ2n) is 9.14. The zero-order chi connectivity index (χ0) is 23.4. The molecule has 0 aliphatic heterocycles. The van der Waals surface area contributed by atoms with Gasteiger partial charge >= 0.3 is 5.97 Å². The summed E-state index contributed by atoms with van der Waals surface area (Å²) in [6.45, 7) is 5.21. The van der Waals surface area contributed by atoms with Crippen molar-refractivity contribution in [2.24, 2.45) is 5.92 Å². The van der Waals surface area contributed by atoms with Gasteiger partial charge in [0, 0.05) is 36.2 Å². The second kappa shape index (κ2) is 10.3. The van der Waals surface area contributed by atoms with Crippen LogP contribution in [0, 0.1) is 12.8 Å². The zero-order valence-electron chi connectivity index (χ0n) is 20.0. The van der Waals surface area contributed by atoms with Crippen LogP contribution in [0.1, 0.15) is 48.7 Å². The maximum atomic E-state index is 12.8. The molecule has 1 aliphatic rings. The molecule has 7 nitrogen and oxygen atoms in total. The van der Waals surface area contributed by atoms with Gasteiger partial charge in [-0.25, -0.2) is 9.78 Å². The van der Waals surface area contributed by atoms with E-state index < -0.39 is 0 Å². The number of aryl methyl sites for hydroxylation is 1. The Labute approximate surface area is 195 Å². The molecule has 4 rings (SSSR count). The van der Waals surface area contributed by atoms with E-state index >= 15 is 0 Å². The summed E-state index contributed by atoms with van der Waals surface area (Å²) < 4.78 is 5.34. The molecule has 7 heteroatoms. The Hall–Kier alpha value is -3.06. The van der Waals surface area contributed by atoms with E-state index in [9.17, 15) is 4.79 Å². The van der Waals surface area contributed by atoms with Gasteiger partial charge in [0.15, 0.2) is 0 Å². The lowest BCUT2D eigenvalue weighted by molar-refractivity contribution is 0.0527. The standard InChI is InChI=1S/C26H33N5O2/c1-5-33-26(32)21-15-28-23-11-10-22(19-12-13-27-17(2)14-19)30-25(23)24(21)29-20-8-6-18(7-9-20)16-31(3)4/h10-15,18,20H,5-9,16H2,1-4H3,(H,28,29). The molecule has 0 radical (unpaired) electrons. The van der Waals surface area contributed by atoms with E-state index in [1.165, 1.54) is 12.8 Å². The molecule has 0 bridgehead atoms. The first-order valence-electron chi connectivity index (χ1n) is 11.8. The minimum Gasteiger partial charge on any atom is -0.462 e. The molecule has 1 saturated carbocycles. The van der Waals surface area contributed by atoms with Gasteiger partial charge in [0.1, 0.15) is 11.1 Å². The van der Waals surface area contributed by atoms with Gasteiger partial charge in [-0.3, -0.25) is 9.97 Å².